The van der Waals surface area contributed by atoms with Crippen LogP contribution in [-0.4, -0.2) is 64.9 Å². The third-order valence-electron chi connectivity index (χ3n) is 5.87. The van der Waals surface area contributed by atoms with Gasteiger partial charge in [0.15, 0.2) is 0 Å². The molecule has 3 aromatic rings. The van der Waals surface area contributed by atoms with Crippen LogP contribution in [0.5, 0.6) is 0 Å². The number of benzene rings is 2. The van der Waals surface area contributed by atoms with Crippen molar-refractivity contribution in [3.63, 3.8) is 0 Å². The summed E-state index contributed by atoms with van der Waals surface area (Å²) in [4.78, 5) is 40.2. The van der Waals surface area contributed by atoms with Gasteiger partial charge in [-0.2, -0.15) is 0 Å². The molecule has 0 spiro atoms. The van der Waals surface area contributed by atoms with Gasteiger partial charge in [0.2, 0.25) is 11.8 Å². The number of para-hydroxylation sites is 1. The maximum atomic E-state index is 13.0. The monoisotopic (exact) mass is 509 g/mol. The van der Waals surface area contributed by atoms with E-state index in [4.69, 9.17) is 9.47 Å². The Hall–Kier alpha value is -3.30. The van der Waals surface area contributed by atoms with E-state index in [0.717, 1.165) is 15.8 Å². The first kappa shape index (κ1) is 25.8. The van der Waals surface area contributed by atoms with E-state index in [1.807, 2.05) is 53.8 Å². The van der Waals surface area contributed by atoms with Crippen LogP contribution in [0.25, 0.3) is 10.9 Å². The fourth-order valence-electron chi connectivity index (χ4n) is 4.33. The average Bonchev–Trinajstić information content (AvgIpc) is 3.20. The number of amides is 2. The molecule has 0 saturated carbocycles. The molecule has 1 aliphatic heterocycles. The summed E-state index contributed by atoms with van der Waals surface area (Å²) in [6.45, 7) is 7.44. The Morgan fingerprint density at radius 2 is 1.75 bits per heavy atom. The van der Waals surface area contributed by atoms with Crippen molar-refractivity contribution < 1.29 is 23.9 Å². The predicted octanol–water partition coefficient (Wildman–Crippen LogP) is 4.18. The minimum absolute atomic E-state index is 0.0186. The maximum absolute atomic E-state index is 13.0. The molecule has 190 valence electrons. The number of nitrogens with one attached hydrogen (secondary N) is 1. The van der Waals surface area contributed by atoms with Gasteiger partial charge in [-0.1, -0.05) is 18.2 Å². The van der Waals surface area contributed by atoms with Crippen LogP contribution in [0.3, 0.4) is 0 Å². The lowest BCUT2D eigenvalue weighted by atomic mass is 10.2. The van der Waals surface area contributed by atoms with E-state index < -0.39 is 5.97 Å². The van der Waals surface area contributed by atoms with Crippen LogP contribution < -0.4 is 5.32 Å². The van der Waals surface area contributed by atoms with Gasteiger partial charge >= 0.3 is 5.97 Å². The molecule has 1 aromatic heterocycles. The van der Waals surface area contributed by atoms with Crippen molar-refractivity contribution in [2.45, 2.75) is 44.4 Å². The van der Waals surface area contributed by atoms with Crippen LogP contribution in [0.15, 0.2) is 59.6 Å². The van der Waals surface area contributed by atoms with Crippen molar-refractivity contribution in [3.8, 4) is 0 Å². The Morgan fingerprint density at radius 3 is 2.44 bits per heavy atom. The fourth-order valence-corrected chi connectivity index (χ4v) is 5.22. The standard InChI is InChI=1S/C27H31N3O5S/c1-4-34-27(33)20-9-11-21(12-10-20)28-25(31)17-36-24-15-29(23-8-6-5-7-22(23)24)16-26(32)30-13-18(2)35-19(3)14-30/h5-12,15,18-19H,4,13-14,16-17H2,1-3H3,(H,28,31)/t18-,19-/m1/s1. The Balaban J connectivity index is 1.39. The Morgan fingerprint density at radius 1 is 1.06 bits per heavy atom. The lowest BCUT2D eigenvalue weighted by Crippen LogP contribution is -2.49. The number of morpholine rings is 1. The van der Waals surface area contributed by atoms with Gasteiger partial charge in [-0.3, -0.25) is 9.59 Å². The number of aromatic nitrogens is 1. The highest BCUT2D eigenvalue weighted by Gasteiger charge is 2.26. The SMILES string of the molecule is CCOC(=O)c1ccc(NC(=O)CSc2cn(CC(=O)N3C[C@@H](C)O[C@H](C)C3)c3ccccc23)cc1. The quantitative estimate of drug-likeness (QED) is 0.362. The largest absolute Gasteiger partial charge is 0.462 e. The van der Waals surface area contributed by atoms with Crippen molar-refractivity contribution in [2.75, 3.05) is 30.8 Å². The number of hydrogen-bond donors (Lipinski definition) is 1. The number of nitrogens with zero attached hydrogens (tertiary/aromatic N) is 2. The number of rotatable bonds is 8. The highest BCUT2D eigenvalue weighted by molar-refractivity contribution is 8.00. The van der Waals surface area contributed by atoms with Crippen LogP contribution in [0.1, 0.15) is 31.1 Å². The first-order valence-corrected chi connectivity index (χ1v) is 13.0. The molecule has 1 aliphatic rings. The highest BCUT2D eigenvalue weighted by atomic mass is 32.2. The summed E-state index contributed by atoms with van der Waals surface area (Å²) in [6.07, 6.45) is 1.98. The molecule has 4 rings (SSSR count). The summed E-state index contributed by atoms with van der Waals surface area (Å²) in [5, 5.41) is 3.86. The molecule has 36 heavy (non-hydrogen) atoms. The zero-order valence-corrected chi connectivity index (χ0v) is 21.5. The summed E-state index contributed by atoms with van der Waals surface area (Å²) in [6, 6.07) is 14.5. The van der Waals surface area contributed by atoms with E-state index >= 15 is 0 Å². The van der Waals surface area contributed by atoms with Crippen LogP contribution in [0.4, 0.5) is 5.69 Å². The van der Waals surface area contributed by atoms with Crippen molar-refractivity contribution in [3.05, 3.63) is 60.3 Å². The second-order valence-corrected chi connectivity index (χ2v) is 9.85. The summed E-state index contributed by atoms with van der Waals surface area (Å²) in [5.41, 5.74) is 2.00. The molecule has 0 radical (unpaired) electrons. The minimum atomic E-state index is -0.390. The van der Waals surface area contributed by atoms with E-state index in [1.54, 1.807) is 31.2 Å². The van der Waals surface area contributed by atoms with E-state index in [2.05, 4.69) is 5.32 Å². The van der Waals surface area contributed by atoms with Gasteiger partial charge in [0, 0.05) is 40.8 Å². The zero-order valence-electron chi connectivity index (χ0n) is 20.7. The van der Waals surface area contributed by atoms with Gasteiger partial charge in [0.25, 0.3) is 0 Å². The van der Waals surface area contributed by atoms with E-state index in [0.29, 0.717) is 30.9 Å². The summed E-state index contributed by atoms with van der Waals surface area (Å²) in [7, 11) is 0. The molecule has 0 bridgehead atoms. The van der Waals surface area contributed by atoms with Gasteiger partial charge in [-0.15, -0.1) is 11.8 Å². The first-order valence-electron chi connectivity index (χ1n) is 12.0. The number of fused-ring (bicyclic) bond motifs is 1. The third kappa shape index (κ3) is 6.27. The smallest absolute Gasteiger partial charge is 0.338 e. The Kier molecular flexibility index (Phi) is 8.32. The summed E-state index contributed by atoms with van der Waals surface area (Å²) in [5.74, 6) is -0.287. The van der Waals surface area contributed by atoms with Gasteiger partial charge in [-0.05, 0) is 51.1 Å². The molecule has 2 heterocycles. The molecule has 1 saturated heterocycles. The number of anilines is 1. The number of esters is 1. The van der Waals surface area contributed by atoms with Gasteiger partial charge < -0.3 is 24.3 Å². The second kappa shape index (κ2) is 11.6. The molecular formula is C27H31N3O5S. The molecule has 2 aromatic carbocycles. The normalized spacial score (nSPS) is 17.7. The van der Waals surface area contributed by atoms with Gasteiger partial charge in [0.1, 0.15) is 6.54 Å². The van der Waals surface area contributed by atoms with Crippen molar-refractivity contribution >= 4 is 46.1 Å². The van der Waals surface area contributed by atoms with Crippen LogP contribution in [-0.2, 0) is 25.6 Å². The molecule has 0 unspecified atom stereocenters. The fraction of sp³-hybridized carbons (Fsp3) is 0.370. The molecule has 8 nitrogen and oxygen atoms in total. The van der Waals surface area contributed by atoms with E-state index in [-0.39, 0.29) is 36.3 Å². The lowest BCUT2D eigenvalue weighted by Gasteiger charge is -2.35. The molecule has 0 aliphatic carbocycles. The third-order valence-corrected chi connectivity index (χ3v) is 6.91. The van der Waals surface area contributed by atoms with Crippen LogP contribution in [0.2, 0.25) is 0 Å². The summed E-state index contributed by atoms with van der Waals surface area (Å²) >= 11 is 1.42. The van der Waals surface area contributed by atoms with Crippen molar-refractivity contribution in [1.29, 1.82) is 0 Å². The molecule has 2 atom stereocenters. The topological polar surface area (TPSA) is 89.9 Å². The second-order valence-electron chi connectivity index (χ2n) is 8.83. The maximum Gasteiger partial charge on any atom is 0.338 e. The van der Waals surface area contributed by atoms with Crippen molar-refractivity contribution in [2.24, 2.45) is 0 Å². The van der Waals surface area contributed by atoms with E-state index in [9.17, 15) is 14.4 Å². The van der Waals surface area contributed by atoms with Gasteiger partial charge in [-0.25, -0.2) is 4.79 Å². The predicted molar refractivity (Wildman–Crippen MR) is 140 cm³/mol. The number of hydrogen-bond acceptors (Lipinski definition) is 6. The average molecular weight is 510 g/mol. The Bertz CT molecular complexity index is 1230. The van der Waals surface area contributed by atoms with Crippen molar-refractivity contribution in [1.82, 2.24) is 9.47 Å². The minimum Gasteiger partial charge on any atom is -0.462 e. The number of thioether (sulfide) groups is 1. The highest BCUT2D eigenvalue weighted by Crippen LogP contribution is 2.30. The van der Waals surface area contributed by atoms with Crippen LogP contribution >= 0.6 is 11.8 Å². The zero-order chi connectivity index (χ0) is 25.7. The number of carbonyl (C=O) groups is 3. The molecule has 2 amide bonds. The molecular weight excluding hydrogens is 478 g/mol. The Labute approximate surface area is 214 Å². The number of carbonyl (C=O) groups excluding carboxylic acids is 3. The molecule has 1 N–H and O–H groups in total. The molecule has 1 fully saturated rings. The van der Waals surface area contributed by atoms with Crippen LogP contribution in [0, 0.1) is 0 Å². The van der Waals surface area contributed by atoms with Gasteiger partial charge in [0.05, 0.1) is 30.1 Å². The number of ether oxygens (including phenoxy) is 2. The molecule has 9 heteroatoms. The lowest BCUT2D eigenvalue weighted by molar-refractivity contribution is -0.143. The summed E-state index contributed by atoms with van der Waals surface area (Å²) < 4.78 is 12.7. The van der Waals surface area contributed by atoms with E-state index in [1.165, 1.54) is 11.8 Å². The first-order chi connectivity index (χ1) is 17.3.